The summed E-state index contributed by atoms with van der Waals surface area (Å²) < 4.78 is 1.34. The van der Waals surface area contributed by atoms with Crippen LogP contribution < -0.4 is 15.3 Å². The molecule has 0 aliphatic carbocycles. The number of unbranched alkanes of at least 4 members (excludes halogenated alkanes) is 6. The summed E-state index contributed by atoms with van der Waals surface area (Å²) in [4.78, 5) is 0. The minimum atomic E-state index is 0.109. The quantitative estimate of drug-likeness (QED) is 0.212. The van der Waals surface area contributed by atoms with Gasteiger partial charge in [0, 0.05) is 0 Å². The summed E-state index contributed by atoms with van der Waals surface area (Å²) in [6.45, 7) is 15.8. The molecule has 0 heterocycles. The molecule has 0 rings (SSSR count). The molecule has 0 aromatic rings. The van der Waals surface area contributed by atoms with Gasteiger partial charge in [-0.3, -0.25) is 0 Å². The Balaban J connectivity index is -0.000000158. The van der Waals surface area contributed by atoms with Crippen LogP contribution in [0.25, 0.3) is 0 Å². The monoisotopic (exact) mass is 536 g/mol. The molecule has 0 spiro atoms. The standard InChI is InChI=1S/3C8H17O.C2H5.Sn/c3*1-8(2)6-4-3-5-7-9;1-2;/h3*8H,3-7H2,1-2H3;1H2,2H3;/q3*-1;;+3. The molecule has 182 valence electrons. The average Bonchev–Trinajstić information content (AvgIpc) is 2.67. The second kappa shape index (κ2) is 37.0. The second-order valence-corrected chi connectivity index (χ2v) is 11.2. The molecule has 0 saturated carbocycles. The zero-order chi connectivity index (χ0) is 24.0. The summed E-state index contributed by atoms with van der Waals surface area (Å²) >= 11 is 1.64. The predicted molar refractivity (Wildman–Crippen MR) is 131 cm³/mol. The first-order chi connectivity index (χ1) is 14.2. The summed E-state index contributed by atoms with van der Waals surface area (Å²) in [5, 5.41) is 29.9. The molecule has 0 unspecified atom stereocenters. The van der Waals surface area contributed by atoms with Crippen LogP contribution in [0.5, 0.6) is 0 Å². The van der Waals surface area contributed by atoms with Crippen molar-refractivity contribution in [1.29, 1.82) is 0 Å². The zero-order valence-corrected chi connectivity index (χ0v) is 24.6. The first-order valence-electron chi connectivity index (χ1n) is 12.6. The van der Waals surface area contributed by atoms with E-state index in [2.05, 4.69) is 48.5 Å². The first-order valence-corrected chi connectivity index (χ1v) is 14.6. The van der Waals surface area contributed by atoms with Gasteiger partial charge in [0.15, 0.2) is 0 Å². The summed E-state index contributed by atoms with van der Waals surface area (Å²) in [6, 6.07) is 0. The normalized spacial score (nSPS) is 10.2. The van der Waals surface area contributed by atoms with Crippen molar-refractivity contribution in [2.75, 3.05) is 19.8 Å². The van der Waals surface area contributed by atoms with Crippen LogP contribution in [0.2, 0.25) is 4.44 Å². The maximum atomic E-state index is 9.97. The van der Waals surface area contributed by atoms with E-state index in [0.29, 0.717) is 0 Å². The molecule has 0 aromatic heterocycles. The predicted octanol–water partition coefficient (Wildman–Crippen LogP) is 5.28. The molecule has 4 heteroatoms. The number of hydrogen-bond donors (Lipinski definition) is 0. The molecule has 0 N–H and O–H groups in total. The summed E-state index contributed by atoms with van der Waals surface area (Å²) in [5.74, 6) is 2.41. The molecule has 30 heavy (non-hydrogen) atoms. The van der Waals surface area contributed by atoms with Gasteiger partial charge in [0.25, 0.3) is 0 Å². The SMILES string of the molecule is CC(C)CCCCC[O-].CC(C)CCCCC[O-].CC(C)CCCCC[O-].C[CH2][Sn+3]. The Bertz CT molecular complexity index is 208. The molecule has 0 saturated heterocycles. The van der Waals surface area contributed by atoms with Crippen LogP contribution >= 0.6 is 0 Å². The zero-order valence-electron chi connectivity index (χ0n) is 21.8. The molecule has 0 radical (unpaired) electrons. The van der Waals surface area contributed by atoms with Crippen molar-refractivity contribution in [2.24, 2.45) is 17.8 Å². The van der Waals surface area contributed by atoms with Crippen molar-refractivity contribution < 1.29 is 15.3 Å². The Morgan fingerprint density at radius 3 is 0.800 bits per heavy atom. The third kappa shape index (κ3) is 63.0. The van der Waals surface area contributed by atoms with Gasteiger partial charge in [-0.1, -0.05) is 119 Å². The van der Waals surface area contributed by atoms with Crippen molar-refractivity contribution in [1.82, 2.24) is 0 Å². The molecule has 0 aliphatic heterocycles. The number of hydrogen-bond acceptors (Lipinski definition) is 3. The van der Waals surface area contributed by atoms with Crippen molar-refractivity contribution >= 4 is 22.5 Å². The minimum absolute atomic E-state index is 0.109. The van der Waals surface area contributed by atoms with Crippen LogP contribution in [0.15, 0.2) is 0 Å². The van der Waals surface area contributed by atoms with Gasteiger partial charge in [-0.05, 0) is 17.8 Å². The van der Waals surface area contributed by atoms with Crippen LogP contribution in [0.4, 0.5) is 0 Å². The molecular formula is C26H56O3Sn. The van der Waals surface area contributed by atoms with E-state index >= 15 is 0 Å². The fraction of sp³-hybridized carbons (Fsp3) is 1.00. The van der Waals surface area contributed by atoms with Gasteiger partial charge in [-0.25, -0.2) is 0 Å². The van der Waals surface area contributed by atoms with Gasteiger partial charge >= 0.3 is 33.9 Å². The van der Waals surface area contributed by atoms with Gasteiger partial charge in [0.05, 0.1) is 0 Å². The van der Waals surface area contributed by atoms with E-state index in [-0.39, 0.29) is 19.8 Å². The average molecular weight is 535 g/mol. The van der Waals surface area contributed by atoms with E-state index in [1.165, 1.54) is 43.0 Å². The summed E-state index contributed by atoms with van der Waals surface area (Å²) in [7, 11) is 0. The first kappa shape index (κ1) is 38.0. The van der Waals surface area contributed by atoms with Crippen LogP contribution in [0.3, 0.4) is 0 Å². The van der Waals surface area contributed by atoms with E-state index in [4.69, 9.17) is 0 Å². The van der Waals surface area contributed by atoms with Crippen molar-refractivity contribution in [3.63, 3.8) is 0 Å². The third-order valence-electron chi connectivity index (χ3n) is 4.28. The third-order valence-corrected chi connectivity index (χ3v) is 4.28. The Morgan fingerprint density at radius 2 is 0.667 bits per heavy atom. The molecule has 0 bridgehead atoms. The fourth-order valence-corrected chi connectivity index (χ4v) is 2.49. The molecule has 3 nitrogen and oxygen atoms in total. The summed E-state index contributed by atoms with van der Waals surface area (Å²) in [5.41, 5.74) is 0. The van der Waals surface area contributed by atoms with Crippen molar-refractivity contribution in [3.8, 4) is 0 Å². The second-order valence-electron chi connectivity index (χ2n) is 9.20. The molecule has 0 aliphatic rings. The molecular weight excluding hydrogens is 479 g/mol. The van der Waals surface area contributed by atoms with E-state index < -0.39 is 0 Å². The Labute approximate surface area is 204 Å². The summed E-state index contributed by atoms with van der Waals surface area (Å²) in [6.07, 6.45) is 13.5. The Hall–Kier alpha value is 0.679. The van der Waals surface area contributed by atoms with Crippen LogP contribution in [0, 0.1) is 17.8 Å². The van der Waals surface area contributed by atoms with Gasteiger partial charge in [0.1, 0.15) is 0 Å². The van der Waals surface area contributed by atoms with E-state index in [1.807, 2.05) is 0 Å². The van der Waals surface area contributed by atoms with Crippen molar-refractivity contribution in [3.05, 3.63) is 0 Å². The van der Waals surface area contributed by atoms with Crippen LogP contribution in [0.1, 0.15) is 126 Å². The van der Waals surface area contributed by atoms with Crippen LogP contribution in [-0.4, -0.2) is 42.3 Å². The van der Waals surface area contributed by atoms with Gasteiger partial charge in [0.2, 0.25) is 0 Å². The van der Waals surface area contributed by atoms with Crippen molar-refractivity contribution in [2.45, 2.75) is 130 Å². The van der Waals surface area contributed by atoms with Crippen LogP contribution in [-0.2, 0) is 0 Å². The maximum absolute atomic E-state index is 9.97. The topological polar surface area (TPSA) is 69.2 Å². The number of rotatable bonds is 15. The molecule has 0 aromatic carbocycles. The van der Waals surface area contributed by atoms with E-state index in [0.717, 1.165) is 56.3 Å². The van der Waals surface area contributed by atoms with E-state index in [1.54, 1.807) is 22.5 Å². The van der Waals surface area contributed by atoms with Gasteiger partial charge in [-0.2, -0.15) is 0 Å². The molecule has 0 amide bonds. The Kier molecular flexibility index (Phi) is 46.8. The van der Waals surface area contributed by atoms with E-state index in [9.17, 15) is 15.3 Å². The van der Waals surface area contributed by atoms with Gasteiger partial charge < -0.3 is 15.3 Å². The molecule has 0 fully saturated rings. The molecule has 0 atom stereocenters. The fourth-order valence-electron chi connectivity index (χ4n) is 2.49. The Morgan fingerprint density at radius 1 is 0.467 bits per heavy atom. The van der Waals surface area contributed by atoms with Gasteiger partial charge in [-0.15, -0.1) is 19.8 Å².